The van der Waals surface area contributed by atoms with Gasteiger partial charge in [0.15, 0.2) is 5.96 Å². The topological polar surface area (TPSA) is 112 Å². The summed E-state index contributed by atoms with van der Waals surface area (Å²) in [7, 11) is 1.49. The number of methoxy groups -OCH3 is 1. The van der Waals surface area contributed by atoms with Gasteiger partial charge in [0.2, 0.25) is 0 Å². The van der Waals surface area contributed by atoms with Crippen molar-refractivity contribution in [3.05, 3.63) is 64.5 Å². The Balaban J connectivity index is 1.22. The molecular weight excluding hydrogens is 537 g/mol. The Labute approximate surface area is 245 Å². The first kappa shape index (κ1) is 28.6. The highest BCUT2D eigenvalue weighted by Crippen LogP contribution is 2.61. The largest absolute Gasteiger partial charge is 0.497 e. The molecule has 6 atom stereocenters. The van der Waals surface area contributed by atoms with Gasteiger partial charge in [0, 0.05) is 31.4 Å². The third kappa shape index (κ3) is 5.15. The summed E-state index contributed by atoms with van der Waals surface area (Å²) in [5.74, 6) is 2.42. The van der Waals surface area contributed by atoms with Gasteiger partial charge in [-0.05, 0) is 72.3 Å². The Morgan fingerprint density at radius 1 is 1.17 bits per heavy atom. The molecule has 3 saturated carbocycles. The van der Waals surface area contributed by atoms with Gasteiger partial charge in [-0.1, -0.05) is 26.8 Å². The van der Waals surface area contributed by atoms with Crippen LogP contribution >= 0.6 is 0 Å². The maximum atomic E-state index is 14.4. The van der Waals surface area contributed by atoms with Gasteiger partial charge in [0.05, 0.1) is 42.6 Å². The normalized spacial score (nSPS) is 28.5. The van der Waals surface area contributed by atoms with Gasteiger partial charge in [-0.2, -0.15) is 0 Å². The highest BCUT2D eigenvalue weighted by Gasteiger charge is 2.56. The fourth-order valence-electron chi connectivity index (χ4n) is 7.21. The second-order valence-corrected chi connectivity index (χ2v) is 12.8. The molecule has 42 heavy (non-hydrogen) atoms. The van der Waals surface area contributed by atoms with E-state index in [4.69, 9.17) is 9.73 Å². The Morgan fingerprint density at radius 3 is 2.60 bits per heavy atom. The number of β-amino-alcohol motifs (C(OH)–C–C–N with tert-alkyl or cyclic N) is 2. The van der Waals surface area contributed by atoms with Crippen LogP contribution in [0.2, 0.25) is 0 Å². The van der Waals surface area contributed by atoms with Crippen molar-refractivity contribution < 1.29 is 19.3 Å². The third-order valence-electron chi connectivity index (χ3n) is 10.1. The Bertz CT molecular complexity index is 1560. The molecule has 3 aliphatic carbocycles. The van der Waals surface area contributed by atoms with E-state index >= 15 is 0 Å². The Kier molecular flexibility index (Phi) is 7.47. The predicted molar refractivity (Wildman–Crippen MR) is 160 cm³/mol. The number of nitrogens with zero attached hydrogens (tertiary/aromatic N) is 4. The van der Waals surface area contributed by atoms with Crippen molar-refractivity contribution in [3.63, 3.8) is 0 Å². The molecule has 10 heteroatoms. The van der Waals surface area contributed by atoms with E-state index in [1.807, 2.05) is 17.0 Å². The van der Waals surface area contributed by atoms with Gasteiger partial charge >= 0.3 is 0 Å². The van der Waals surface area contributed by atoms with Crippen LogP contribution < -0.4 is 15.6 Å². The number of aryl methyl sites for hydroxylation is 2. The van der Waals surface area contributed by atoms with Gasteiger partial charge in [-0.25, -0.2) is 14.4 Å². The lowest BCUT2D eigenvalue weighted by Crippen LogP contribution is -2.56. The summed E-state index contributed by atoms with van der Waals surface area (Å²) < 4.78 is 21.0. The highest BCUT2D eigenvalue weighted by molar-refractivity contribution is 5.96. The monoisotopic (exact) mass is 577 g/mol. The lowest BCUT2D eigenvalue weighted by Gasteiger charge is -2.61. The maximum absolute atomic E-state index is 14.4. The van der Waals surface area contributed by atoms with Gasteiger partial charge in [0.1, 0.15) is 11.6 Å². The molecule has 224 valence electrons. The van der Waals surface area contributed by atoms with Crippen LogP contribution in [0, 0.1) is 29.0 Å². The summed E-state index contributed by atoms with van der Waals surface area (Å²) in [5, 5.41) is 24.4. The SMILES string of the molecule is COc1ccc(CCn2cnc3cc(N/C(=N/[C@H]4C[C@@H]5C[C@H]([C@@H]4C)C5(C)C)N4C[C@H](O)[C@@H](O)C4)ccc3c2=O)c(F)c1. The standard InChI is InChI=1S/C32H40FN5O4/c1-18-24-11-20(32(24,2)3)12-26(18)36-31(38-15-28(39)29(40)16-38)35-21-6-8-23-27(13-21)34-17-37(30(23)41)10-9-19-5-7-22(42-4)14-25(19)33/h5-8,13-14,17-18,20,24,26,28-29,39-40H,9-12,15-16H2,1-4H3,(H,35,36)/t18-,20-,24+,26-,28-,29-/m0/s1. The number of anilines is 1. The smallest absolute Gasteiger partial charge is 0.261 e. The van der Waals surface area contributed by atoms with E-state index in [9.17, 15) is 19.4 Å². The molecule has 4 aliphatic rings. The first-order valence-electron chi connectivity index (χ1n) is 14.8. The van der Waals surface area contributed by atoms with E-state index in [-0.39, 0.29) is 30.5 Å². The lowest BCUT2D eigenvalue weighted by molar-refractivity contribution is -0.108. The zero-order valence-electron chi connectivity index (χ0n) is 24.6. The number of benzene rings is 2. The van der Waals surface area contributed by atoms with Crippen LogP contribution in [0.15, 0.2) is 52.5 Å². The van der Waals surface area contributed by atoms with Gasteiger partial charge in [-0.15, -0.1) is 0 Å². The van der Waals surface area contributed by atoms with Crippen LogP contribution in [-0.2, 0) is 13.0 Å². The number of fused-ring (bicyclic) bond motifs is 3. The molecule has 4 fully saturated rings. The molecule has 0 radical (unpaired) electrons. The number of aliphatic hydroxyl groups excluding tert-OH is 2. The van der Waals surface area contributed by atoms with Crippen LogP contribution in [0.3, 0.4) is 0 Å². The number of aromatic nitrogens is 2. The number of likely N-dealkylation sites (tertiary alicyclic amines) is 1. The van der Waals surface area contributed by atoms with Crippen molar-refractivity contribution in [1.82, 2.24) is 14.5 Å². The average molecular weight is 578 g/mol. The van der Waals surface area contributed by atoms with Gasteiger partial charge in [0.25, 0.3) is 5.56 Å². The number of aliphatic imine (C=N–C) groups is 1. The van der Waals surface area contributed by atoms with E-state index < -0.39 is 12.2 Å². The van der Waals surface area contributed by atoms with Crippen molar-refractivity contribution in [1.29, 1.82) is 0 Å². The predicted octanol–water partition coefficient (Wildman–Crippen LogP) is 3.66. The zero-order valence-corrected chi connectivity index (χ0v) is 24.6. The van der Waals surface area contributed by atoms with Crippen LogP contribution in [0.5, 0.6) is 5.75 Å². The van der Waals surface area contributed by atoms with Crippen LogP contribution in [0.4, 0.5) is 10.1 Å². The van der Waals surface area contributed by atoms with E-state index in [1.54, 1.807) is 18.2 Å². The third-order valence-corrected chi connectivity index (χ3v) is 10.1. The first-order valence-corrected chi connectivity index (χ1v) is 14.8. The molecule has 0 spiro atoms. The van der Waals surface area contributed by atoms with Crippen molar-refractivity contribution in [2.45, 2.75) is 64.8 Å². The fraction of sp³-hybridized carbons (Fsp3) is 0.531. The fourth-order valence-corrected chi connectivity index (χ4v) is 7.21. The van der Waals surface area contributed by atoms with Crippen LogP contribution in [0.1, 0.15) is 39.2 Å². The van der Waals surface area contributed by atoms with E-state index in [0.717, 1.165) is 12.1 Å². The molecular formula is C32H40FN5O4. The average Bonchev–Trinajstić information content (AvgIpc) is 3.31. The molecule has 2 bridgehead atoms. The zero-order chi connectivity index (χ0) is 29.8. The summed E-state index contributed by atoms with van der Waals surface area (Å²) in [5.41, 5.74) is 1.90. The molecule has 9 nitrogen and oxygen atoms in total. The molecule has 2 heterocycles. The molecule has 0 unspecified atom stereocenters. The summed E-state index contributed by atoms with van der Waals surface area (Å²) >= 11 is 0. The molecule has 1 aromatic heterocycles. The second kappa shape index (κ2) is 11.0. The minimum absolute atomic E-state index is 0.153. The van der Waals surface area contributed by atoms with Crippen LogP contribution in [-0.4, -0.2) is 69.1 Å². The number of hydrogen-bond acceptors (Lipinski definition) is 6. The molecule has 3 aromatic rings. The van der Waals surface area contributed by atoms with Crippen molar-refractivity contribution in [2.24, 2.45) is 28.2 Å². The van der Waals surface area contributed by atoms with Gasteiger partial charge < -0.3 is 25.2 Å². The number of hydrogen-bond donors (Lipinski definition) is 3. The number of halogens is 1. The Hall–Kier alpha value is -3.50. The summed E-state index contributed by atoms with van der Waals surface area (Å²) in [6.07, 6.45) is 2.44. The first-order chi connectivity index (χ1) is 20.0. The quantitative estimate of drug-likeness (QED) is 0.303. The van der Waals surface area contributed by atoms with Crippen LogP contribution in [0.25, 0.3) is 10.9 Å². The molecule has 1 saturated heterocycles. The van der Waals surface area contributed by atoms with Gasteiger partial charge in [-0.3, -0.25) is 9.36 Å². The molecule has 1 aliphatic heterocycles. The molecule has 7 rings (SSSR count). The highest BCUT2D eigenvalue weighted by atomic mass is 19.1. The van der Waals surface area contributed by atoms with Crippen molar-refractivity contribution in [3.8, 4) is 5.75 Å². The van der Waals surface area contributed by atoms with Crippen molar-refractivity contribution >= 4 is 22.5 Å². The molecule has 3 N–H and O–H groups in total. The summed E-state index contributed by atoms with van der Waals surface area (Å²) in [6, 6.07) is 10.2. The minimum Gasteiger partial charge on any atom is -0.497 e. The minimum atomic E-state index is -0.837. The number of aliphatic hydroxyl groups is 2. The number of ether oxygens (including phenoxy) is 1. The second-order valence-electron chi connectivity index (χ2n) is 12.8. The van der Waals surface area contributed by atoms with Crippen molar-refractivity contribution in [2.75, 3.05) is 25.5 Å². The van der Waals surface area contributed by atoms with E-state index in [0.29, 0.717) is 64.3 Å². The number of rotatable bonds is 6. The summed E-state index contributed by atoms with van der Waals surface area (Å²) in [4.78, 5) is 24.8. The lowest BCUT2D eigenvalue weighted by atomic mass is 9.45. The maximum Gasteiger partial charge on any atom is 0.261 e. The van der Waals surface area contributed by atoms with E-state index in [2.05, 4.69) is 31.1 Å². The molecule has 0 amide bonds. The Morgan fingerprint density at radius 2 is 1.93 bits per heavy atom. The van der Waals surface area contributed by atoms with E-state index in [1.165, 1.54) is 30.5 Å². The summed E-state index contributed by atoms with van der Waals surface area (Å²) in [6.45, 7) is 7.88. The number of guanidine groups is 1. The number of nitrogens with one attached hydrogen (secondary N) is 1. The molecule has 2 aromatic carbocycles.